The van der Waals surface area contributed by atoms with Crippen molar-refractivity contribution in [2.45, 2.75) is 65.1 Å². The van der Waals surface area contributed by atoms with Gasteiger partial charge in [0.1, 0.15) is 12.6 Å². The zero-order valence-electron chi connectivity index (χ0n) is 16.0. The normalized spacial score (nSPS) is 13.1. The number of aliphatic hydroxyl groups is 1. The minimum atomic E-state index is -0.686. The maximum Gasteiger partial charge on any atom is 0.408 e. The lowest BCUT2D eigenvalue weighted by atomic mass is 10.0. The molecule has 0 spiro atoms. The summed E-state index contributed by atoms with van der Waals surface area (Å²) >= 11 is 0. The second kappa shape index (κ2) is 12.3. The molecular weight excluding hydrogens is 332 g/mol. The third-order valence-electron chi connectivity index (χ3n) is 4.00. The van der Waals surface area contributed by atoms with Crippen LogP contribution in [-0.4, -0.2) is 35.8 Å². The van der Waals surface area contributed by atoms with Crippen LogP contribution in [0, 0.1) is 5.92 Å². The summed E-state index contributed by atoms with van der Waals surface area (Å²) in [5.41, 5.74) is 0.882. The van der Waals surface area contributed by atoms with E-state index in [4.69, 9.17) is 4.74 Å². The van der Waals surface area contributed by atoms with Crippen molar-refractivity contribution >= 4 is 12.0 Å². The summed E-state index contributed by atoms with van der Waals surface area (Å²) in [6.45, 7) is 6.06. The van der Waals surface area contributed by atoms with Crippen LogP contribution in [0.3, 0.4) is 0 Å². The number of carbonyl (C=O) groups is 2. The van der Waals surface area contributed by atoms with E-state index in [0.717, 1.165) is 18.4 Å². The van der Waals surface area contributed by atoms with Crippen LogP contribution in [0.2, 0.25) is 0 Å². The zero-order chi connectivity index (χ0) is 19.4. The number of nitrogens with one attached hydrogen (secondary N) is 2. The SMILES string of the molecule is CCCC[C@@H](CO)NC(=O)[C@H](CC(C)C)NC(=O)OCc1ccccc1. The van der Waals surface area contributed by atoms with Crippen molar-refractivity contribution in [3.05, 3.63) is 35.9 Å². The van der Waals surface area contributed by atoms with E-state index in [2.05, 4.69) is 17.6 Å². The van der Waals surface area contributed by atoms with Gasteiger partial charge in [-0.15, -0.1) is 0 Å². The number of unbranched alkanes of at least 4 members (excludes halogenated alkanes) is 1. The number of carbonyl (C=O) groups excluding carboxylic acids is 2. The van der Waals surface area contributed by atoms with Crippen LogP contribution in [0.4, 0.5) is 4.79 Å². The highest BCUT2D eigenvalue weighted by atomic mass is 16.5. The van der Waals surface area contributed by atoms with Crippen LogP contribution in [0.1, 0.15) is 52.0 Å². The lowest BCUT2D eigenvalue weighted by Gasteiger charge is -2.23. The van der Waals surface area contributed by atoms with Gasteiger partial charge in [0.15, 0.2) is 0 Å². The van der Waals surface area contributed by atoms with Gasteiger partial charge in [-0.3, -0.25) is 4.79 Å². The van der Waals surface area contributed by atoms with Crippen molar-refractivity contribution in [3.63, 3.8) is 0 Å². The number of ether oxygens (including phenoxy) is 1. The fraction of sp³-hybridized carbons (Fsp3) is 0.600. The predicted octanol–water partition coefficient (Wildman–Crippen LogP) is 2.99. The van der Waals surface area contributed by atoms with E-state index in [1.165, 1.54) is 0 Å². The molecule has 2 atom stereocenters. The Labute approximate surface area is 156 Å². The molecule has 2 amide bonds. The zero-order valence-corrected chi connectivity index (χ0v) is 16.0. The Morgan fingerprint density at radius 2 is 1.85 bits per heavy atom. The fourth-order valence-corrected chi connectivity index (χ4v) is 2.57. The maximum absolute atomic E-state index is 12.5. The Morgan fingerprint density at radius 1 is 1.15 bits per heavy atom. The van der Waals surface area contributed by atoms with Crippen LogP contribution < -0.4 is 10.6 Å². The first-order chi connectivity index (χ1) is 12.5. The van der Waals surface area contributed by atoms with E-state index in [-0.39, 0.29) is 31.1 Å². The minimum Gasteiger partial charge on any atom is -0.445 e. The molecule has 0 saturated carbocycles. The van der Waals surface area contributed by atoms with Gasteiger partial charge in [-0.25, -0.2) is 4.79 Å². The Kier molecular flexibility index (Phi) is 10.4. The molecule has 1 aromatic rings. The summed E-state index contributed by atoms with van der Waals surface area (Å²) in [6.07, 6.45) is 2.51. The number of aliphatic hydroxyl groups excluding tert-OH is 1. The minimum absolute atomic E-state index is 0.113. The van der Waals surface area contributed by atoms with Gasteiger partial charge in [0.25, 0.3) is 0 Å². The highest BCUT2D eigenvalue weighted by Crippen LogP contribution is 2.08. The Morgan fingerprint density at radius 3 is 2.42 bits per heavy atom. The van der Waals surface area contributed by atoms with Gasteiger partial charge in [-0.05, 0) is 24.3 Å². The molecule has 6 heteroatoms. The summed E-state index contributed by atoms with van der Waals surface area (Å²) < 4.78 is 5.21. The van der Waals surface area contributed by atoms with Crippen molar-refractivity contribution in [1.82, 2.24) is 10.6 Å². The molecule has 0 bridgehead atoms. The molecule has 146 valence electrons. The van der Waals surface area contributed by atoms with E-state index in [1.807, 2.05) is 44.2 Å². The number of amides is 2. The molecule has 0 aliphatic carbocycles. The molecule has 3 N–H and O–H groups in total. The van der Waals surface area contributed by atoms with E-state index >= 15 is 0 Å². The highest BCUT2D eigenvalue weighted by Gasteiger charge is 2.24. The average molecular weight is 364 g/mol. The van der Waals surface area contributed by atoms with Crippen LogP contribution in [0.5, 0.6) is 0 Å². The molecule has 0 saturated heterocycles. The summed E-state index contributed by atoms with van der Waals surface area (Å²) in [7, 11) is 0. The molecular formula is C20H32N2O4. The number of hydrogen-bond acceptors (Lipinski definition) is 4. The van der Waals surface area contributed by atoms with Crippen LogP contribution in [-0.2, 0) is 16.1 Å². The van der Waals surface area contributed by atoms with Crippen LogP contribution >= 0.6 is 0 Å². The first kappa shape index (κ1) is 22.0. The second-order valence-electron chi connectivity index (χ2n) is 6.92. The van der Waals surface area contributed by atoms with Gasteiger partial charge in [-0.1, -0.05) is 63.9 Å². The summed E-state index contributed by atoms with van der Waals surface area (Å²) in [5, 5.41) is 14.9. The quantitative estimate of drug-likeness (QED) is 0.563. The van der Waals surface area contributed by atoms with Gasteiger partial charge in [0.2, 0.25) is 5.91 Å². The number of rotatable bonds is 11. The standard InChI is InChI=1S/C20H32N2O4/c1-4-5-11-17(13-23)21-19(24)18(12-15(2)3)22-20(25)26-14-16-9-7-6-8-10-16/h6-10,15,17-18,23H,4-5,11-14H2,1-3H3,(H,21,24)(H,22,25)/t17-,18-/m0/s1. The molecule has 0 aliphatic rings. The van der Waals surface area contributed by atoms with E-state index in [9.17, 15) is 14.7 Å². The second-order valence-corrected chi connectivity index (χ2v) is 6.92. The number of alkyl carbamates (subject to hydrolysis) is 1. The van der Waals surface area contributed by atoms with Gasteiger partial charge in [-0.2, -0.15) is 0 Å². The molecule has 1 aromatic carbocycles. The highest BCUT2D eigenvalue weighted by molar-refractivity contribution is 5.85. The number of benzene rings is 1. The topological polar surface area (TPSA) is 87.7 Å². The third-order valence-corrected chi connectivity index (χ3v) is 4.00. The van der Waals surface area contributed by atoms with Gasteiger partial charge in [0.05, 0.1) is 12.6 Å². The molecule has 0 heterocycles. The maximum atomic E-state index is 12.5. The first-order valence-corrected chi connectivity index (χ1v) is 9.34. The first-order valence-electron chi connectivity index (χ1n) is 9.34. The van der Waals surface area contributed by atoms with E-state index < -0.39 is 12.1 Å². The third kappa shape index (κ3) is 8.85. The van der Waals surface area contributed by atoms with E-state index in [1.54, 1.807) is 0 Å². The monoisotopic (exact) mass is 364 g/mol. The Hall–Kier alpha value is -2.08. The smallest absolute Gasteiger partial charge is 0.408 e. The summed E-state index contributed by atoms with van der Waals surface area (Å²) in [5.74, 6) is -0.0612. The van der Waals surface area contributed by atoms with Crippen molar-refractivity contribution in [3.8, 4) is 0 Å². The molecule has 0 radical (unpaired) electrons. The van der Waals surface area contributed by atoms with Crippen molar-refractivity contribution in [1.29, 1.82) is 0 Å². The van der Waals surface area contributed by atoms with Gasteiger partial charge >= 0.3 is 6.09 Å². The predicted molar refractivity (Wildman–Crippen MR) is 102 cm³/mol. The van der Waals surface area contributed by atoms with Crippen LogP contribution in [0.25, 0.3) is 0 Å². The lowest BCUT2D eigenvalue weighted by Crippen LogP contribution is -2.51. The molecule has 1 rings (SSSR count). The van der Waals surface area contributed by atoms with E-state index in [0.29, 0.717) is 12.8 Å². The molecule has 0 unspecified atom stereocenters. The van der Waals surface area contributed by atoms with Crippen LogP contribution in [0.15, 0.2) is 30.3 Å². The molecule has 0 aromatic heterocycles. The van der Waals surface area contributed by atoms with Gasteiger partial charge in [0, 0.05) is 0 Å². The molecule has 26 heavy (non-hydrogen) atoms. The summed E-state index contributed by atoms with van der Waals surface area (Å²) in [6, 6.07) is 8.39. The molecule has 0 fully saturated rings. The summed E-state index contributed by atoms with van der Waals surface area (Å²) in [4.78, 5) is 24.6. The van der Waals surface area contributed by atoms with Crippen molar-refractivity contribution in [2.24, 2.45) is 5.92 Å². The Balaban J connectivity index is 2.58. The van der Waals surface area contributed by atoms with Gasteiger partial charge < -0.3 is 20.5 Å². The molecule has 6 nitrogen and oxygen atoms in total. The average Bonchev–Trinajstić information content (AvgIpc) is 2.63. The van der Waals surface area contributed by atoms with Crippen molar-refractivity contribution in [2.75, 3.05) is 6.61 Å². The largest absolute Gasteiger partial charge is 0.445 e. The number of hydrogen-bond donors (Lipinski definition) is 3. The fourth-order valence-electron chi connectivity index (χ4n) is 2.57. The lowest BCUT2D eigenvalue weighted by molar-refractivity contribution is -0.124. The molecule has 0 aliphatic heterocycles. The van der Waals surface area contributed by atoms with Crippen molar-refractivity contribution < 1.29 is 19.4 Å². The Bertz CT molecular complexity index is 534.